The zero-order chi connectivity index (χ0) is 16.4. The van der Waals surface area contributed by atoms with Crippen LogP contribution in [0.2, 0.25) is 0 Å². The van der Waals surface area contributed by atoms with Gasteiger partial charge in [0.2, 0.25) is 0 Å². The third kappa shape index (κ3) is 3.80. The Bertz CT molecular complexity index is 846. The van der Waals surface area contributed by atoms with E-state index in [1.54, 1.807) is 54.2 Å². The van der Waals surface area contributed by atoms with Crippen LogP contribution < -0.4 is 10.6 Å². The predicted molar refractivity (Wildman–Crippen MR) is 93.8 cm³/mol. The second-order valence-corrected chi connectivity index (χ2v) is 8.18. The minimum atomic E-state index is -3.18. The van der Waals surface area contributed by atoms with Crippen molar-refractivity contribution < 1.29 is 13.5 Å². The van der Waals surface area contributed by atoms with E-state index in [0.29, 0.717) is 4.90 Å². The Hall–Kier alpha value is -2.12. The van der Waals surface area contributed by atoms with E-state index < -0.39 is 9.84 Å². The lowest BCUT2D eigenvalue weighted by Crippen LogP contribution is -2.27. The van der Waals surface area contributed by atoms with Crippen LogP contribution in [0, 0.1) is 0 Å². The molecule has 3 rings (SSSR count). The van der Waals surface area contributed by atoms with Gasteiger partial charge in [0.25, 0.3) is 0 Å². The lowest BCUT2D eigenvalue weighted by molar-refractivity contribution is 0.475. The van der Waals surface area contributed by atoms with E-state index in [-0.39, 0.29) is 11.2 Å². The van der Waals surface area contributed by atoms with Crippen LogP contribution in [-0.2, 0) is 9.84 Å². The Morgan fingerprint density at radius 2 is 1.91 bits per heavy atom. The van der Waals surface area contributed by atoms with Gasteiger partial charge in [0.15, 0.2) is 9.84 Å². The fourth-order valence-electron chi connectivity index (χ4n) is 2.20. The van der Waals surface area contributed by atoms with Crippen LogP contribution in [0.15, 0.2) is 58.8 Å². The first-order chi connectivity index (χ1) is 10.9. The van der Waals surface area contributed by atoms with E-state index in [2.05, 4.69) is 10.6 Å². The van der Waals surface area contributed by atoms with Gasteiger partial charge >= 0.3 is 0 Å². The molecule has 2 aromatic rings. The summed E-state index contributed by atoms with van der Waals surface area (Å²) < 4.78 is 23.0. The van der Waals surface area contributed by atoms with Gasteiger partial charge < -0.3 is 15.7 Å². The second kappa shape index (κ2) is 6.17. The van der Waals surface area contributed by atoms with Gasteiger partial charge in [-0.2, -0.15) is 0 Å². The van der Waals surface area contributed by atoms with Crippen molar-refractivity contribution in [3.05, 3.63) is 59.5 Å². The van der Waals surface area contributed by atoms with Crippen molar-refractivity contribution in [3.63, 3.8) is 0 Å². The summed E-state index contributed by atoms with van der Waals surface area (Å²) in [5.74, 6) is 0.211. The standard InChI is InChI=1S/C16H16N2O3S2/c1-23(20,21)14-7-5-11(6-8-14)15-10-22-16(18-15)17-12-3-2-4-13(19)9-12/h2-10,16-19H,1H3. The largest absolute Gasteiger partial charge is 0.508 e. The lowest BCUT2D eigenvalue weighted by atomic mass is 10.2. The molecule has 3 N–H and O–H groups in total. The summed E-state index contributed by atoms with van der Waals surface area (Å²) in [5, 5.41) is 18.0. The minimum Gasteiger partial charge on any atom is -0.508 e. The summed E-state index contributed by atoms with van der Waals surface area (Å²) in [7, 11) is -3.18. The molecular formula is C16H16N2O3S2. The molecule has 5 nitrogen and oxygen atoms in total. The van der Waals surface area contributed by atoms with Crippen molar-refractivity contribution in [1.82, 2.24) is 5.32 Å². The Morgan fingerprint density at radius 3 is 2.57 bits per heavy atom. The fraction of sp³-hybridized carbons (Fsp3) is 0.125. The summed E-state index contributed by atoms with van der Waals surface area (Å²) in [6.07, 6.45) is 1.19. The average molecular weight is 348 g/mol. The van der Waals surface area contributed by atoms with Crippen molar-refractivity contribution in [2.24, 2.45) is 0 Å². The number of thioether (sulfide) groups is 1. The van der Waals surface area contributed by atoms with E-state index in [4.69, 9.17) is 0 Å². The highest BCUT2D eigenvalue weighted by Gasteiger charge is 2.18. The normalized spacial score (nSPS) is 17.4. The highest BCUT2D eigenvalue weighted by molar-refractivity contribution is 8.03. The first kappa shape index (κ1) is 15.8. The van der Waals surface area contributed by atoms with E-state index in [1.807, 2.05) is 11.5 Å². The highest BCUT2D eigenvalue weighted by Crippen LogP contribution is 2.29. The molecule has 1 unspecified atom stereocenters. The Labute approximate surface area is 139 Å². The SMILES string of the molecule is CS(=O)(=O)c1ccc(C2=CSC(Nc3cccc(O)c3)N2)cc1. The lowest BCUT2D eigenvalue weighted by Gasteiger charge is -2.16. The van der Waals surface area contributed by atoms with Gasteiger partial charge in [-0.3, -0.25) is 0 Å². The Kier molecular flexibility index (Phi) is 4.23. The number of aromatic hydroxyl groups is 1. The van der Waals surface area contributed by atoms with Crippen LogP contribution in [0.1, 0.15) is 5.56 Å². The molecule has 1 atom stereocenters. The van der Waals surface area contributed by atoms with Gasteiger partial charge in [-0.05, 0) is 35.2 Å². The molecule has 0 bridgehead atoms. The first-order valence-corrected chi connectivity index (χ1v) is 9.73. The van der Waals surface area contributed by atoms with E-state index in [1.165, 1.54) is 6.26 Å². The average Bonchev–Trinajstić information content (AvgIpc) is 2.95. The molecule has 1 heterocycles. The minimum absolute atomic E-state index is 0.0543. The highest BCUT2D eigenvalue weighted by atomic mass is 32.2. The molecule has 2 aromatic carbocycles. The van der Waals surface area contributed by atoms with E-state index in [9.17, 15) is 13.5 Å². The molecule has 0 amide bonds. The maximum absolute atomic E-state index is 11.5. The van der Waals surface area contributed by atoms with Crippen LogP contribution in [0.5, 0.6) is 5.75 Å². The van der Waals surface area contributed by atoms with E-state index >= 15 is 0 Å². The summed E-state index contributed by atoms with van der Waals surface area (Å²) in [6, 6.07) is 13.7. The molecule has 7 heteroatoms. The van der Waals surface area contributed by atoms with Gasteiger partial charge in [-0.1, -0.05) is 30.0 Å². The van der Waals surface area contributed by atoms with Crippen LogP contribution in [0.3, 0.4) is 0 Å². The van der Waals surface area contributed by atoms with E-state index in [0.717, 1.165) is 16.9 Å². The molecule has 0 spiro atoms. The smallest absolute Gasteiger partial charge is 0.175 e. The molecule has 0 radical (unpaired) electrons. The number of sulfone groups is 1. The number of rotatable bonds is 4. The second-order valence-electron chi connectivity index (χ2n) is 5.18. The van der Waals surface area contributed by atoms with Crippen LogP contribution >= 0.6 is 11.8 Å². The topological polar surface area (TPSA) is 78.4 Å². The summed E-state index contributed by atoms with van der Waals surface area (Å²) in [4.78, 5) is 0.307. The molecule has 120 valence electrons. The van der Waals surface area contributed by atoms with Crippen LogP contribution in [-0.4, -0.2) is 25.3 Å². The van der Waals surface area contributed by atoms with Crippen molar-refractivity contribution in [2.75, 3.05) is 11.6 Å². The zero-order valence-corrected chi connectivity index (χ0v) is 14.0. The summed E-state index contributed by atoms with van der Waals surface area (Å²) in [6.45, 7) is 0. The van der Waals surface area contributed by atoms with Gasteiger partial charge in [0.1, 0.15) is 11.2 Å². The Balaban J connectivity index is 1.67. The number of phenolic OH excluding ortho intramolecular Hbond substituents is 1. The number of anilines is 1. The number of benzene rings is 2. The van der Waals surface area contributed by atoms with Gasteiger partial charge in [-0.25, -0.2) is 8.42 Å². The fourth-order valence-corrected chi connectivity index (χ4v) is 3.70. The molecular weight excluding hydrogens is 332 g/mol. The monoisotopic (exact) mass is 348 g/mol. The first-order valence-electron chi connectivity index (χ1n) is 6.90. The zero-order valence-electron chi connectivity index (χ0n) is 12.4. The van der Waals surface area contributed by atoms with Gasteiger partial charge in [0.05, 0.1) is 10.6 Å². The van der Waals surface area contributed by atoms with Gasteiger partial charge in [-0.15, -0.1) is 0 Å². The molecule has 0 saturated carbocycles. The molecule has 0 aromatic heterocycles. The van der Waals surface area contributed by atoms with Crippen molar-refractivity contribution >= 4 is 33.0 Å². The van der Waals surface area contributed by atoms with Gasteiger partial charge in [0, 0.05) is 18.0 Å². The number of hydrogen-bond donors (Lipinski definition) is 3. The van der Waals surface area contributed by atoms with Crippen LogP contribution in [0.4, 0.5) is 5.69 Å². The number of phenols is 1. The van der Waals surface area contributed by atoms with Crippen molar-refractivity contribution in [1.29, 1.82) is 0 Å². The number of nitrogens with one attached hydrogen (secondary N) is 2. The third-order valence-corrected chi connectivity index (χ3v) is 5.35. The molecule has 0 saturated heterocycles. The van der Waals surface area contributed by atoms with Crippen LogP contribution in [0.25, 0.3) is 5.70 Å². The van der Waals surface area contributed by atoms with Crippen molar-refractivity contribution in [2.45, 2.75) is 10.4 Å². The summed E-state index contributed by atoms with van der Waals surface area (Å²) >= 11 is 1.57. The quantitative estimate of drug-likeness (QED) is 0.789. The van der Waals surface area contributed by atoms with Crippen molar-refractivity contribution in [3.8, 4) is 5.75 Å². The maximum atomic E-state index is 11.5. The third-order valence-electron chi connectivity index (χ3n) is 3.35. The summed E-state index contributed by atoms with van der Waals surface area (Å²) in [5.41, 5.74) is 2.61. The molecule has 0 fully saturated rings. The molecule has 1 aliphatic rings. The molecule has 23 heavy (non-hydrogen) atoms. The predicted octanol–water partition coefficient (Wildman–Crippen LogP) is 2.83. The number of hydrogen-bond acceptors (Lipinski definition) is 6. The Morgan fingerprint density at radius 1 is 1.17 bits per heavy atom. The maximum Gasteiger partial charge on any atom is 0.175 e. The molecule has 0 aliphatic carbocycles. The molecule has 1 aliphatic heterocycles.